The molecular weight excluding hydrogens is 318 g/mol. The third-order valence-corrected chi connectivity index (χ3v) is 3.65. The molecule has 25 heavy (non-hydrogen) atoms. The van der Waals surface area contributed by atoms with Gasteiger partial charge >= 0.3 is 11.9 Å². The van der Waals surface area contributed by atoms with Crippen molar-refractivity contribution in [2.45, 2.75) is 59.8 Å². The number of benzene rings is 1. The van der Waals surface area contributed by atoms with Gasteiger partial charge in [-0.2, -0.15) is 0 Å². The molecule has 0 radical (unpaired) electrons. The quantitative estimate of drug-likeness (QED) is 0.673. The number of likely N-dealkylation sites (N-methyl/N-ethyl adjacent to an activating group) is 1. The number of ether oxygens (including phenoxy) is 2. The number of carbonyl (C=O) groups is 2. The van der Waals surface area contributed by atoms with Gasteiger partial charge in [-0.1, -0.05) is 51.1 Å². The highest BCUT2D eigenvalue weighted by atomic mass is 16.6. The van der Waals surface area contributed by atoms with E-state index in [0.29, 0.717) is 6.54 Å². The molecule has 0 aromatic heterocycles. The van der Waals surface area contributed by atoms with Gasteiger partial charge in [0.15, 0.2) is 0 Å². The van der Waals surface area contributed by atoms with Crippen molar-refractivity contribution in [1.29, 1.82) is 0 Å². The van der Waals surface area contributed by atoms with Gasteiger partial charge in [0.1, 0.15) is 18.2 Å². The minimum atomic E-state index is -0.544. The molecule has 0 spiro atoms. The summed E-state index contributed by atoms with van der Waals surface area (Å²) in [6.07, 6.45) is 0. The van der Waals surface area contributed by atoms with Crippen molar-refractivity contribution in [2.24, 2.45) is 5.92 Å². The van der Waals surface area contributed by atoms with E-state index in [4.69, 9.17) is 9.47 Å². The SMILES string of the molecule is CCN(CC(=O)OC(C)(C)C)[C@H](C(=O)OCc1ccccc1)C(C)C. The fourth-order valence-electron chi connectivity index (χ4n) is 2.60. The number of nitrogens with zero attached hydrogens (tertiary/aromatic N) is 1. The lowest BCUT2D eigenvalue weighted by Gasteiger charge is -2.32. The molecule has 0 aliphatic rings. The van der Waals surface area contributed by atoms with Crippen molar-refractivity contribution in [1.82, 2.24) is 4.90 Å². The molecule has 1 aromatic rings. The summed E-state index contributed by atoms with van der Waals surface area (Å²) in [4.78, 5) is 26.6. The maximum absolute atomic E-state index is 12.6. The zero-order valence-electron chi connectivity index (χ0n) is 16.2. The second-order valence-corrected chi connectivity index (χ2v) is 7.43. The number of hydrogen-bond acceptors (Lipinski definition) is 5. The second kappa shape index (κ2) is 9.56. The maximum Gasteiger partial charge on any atom is 0.323 e. The molecular formula is C20H31NO4. The minimum absolute atomic E-state index is 0.0191. The Morgan fingerprint density at radius 2 is 1.72 bits per heavy atom. The van der Waals surface area contributed by atoms with E-state index >= 15 is 0 Å². The lowest BCUT2D eigenvalue weighted by molar-refractivity contribution is -0.160. The first-order valence-corrected chi connectivity index (χ1v) is 8.80. The lowest BCUT2D eigenvalue weighted by atomic mass is 10.0. The minimum Gasteiger partial charge on any atom is -0.460 e. The van der Waals surface area contributed by atoms with E-state index in [9.17, 15) is 9.59 Å². The van der Waals surface area contributed by atoms with Gasteiger partial charge in [-0.25, -0.2) is 0 Å². The predicted octanol–water partition coefficient (Wildman–Crippen LogP) is 3.42. The van der Waals surface area contributed by atoms with Gasteiger partial charge < -0.3 is 9.47 Å². The molecule has 1 rings (SSSR count). The van der Waals surface area contributed by atoms with Crippen LogP contribution in [0.2, 0.25) is 0 Å². The average molecular weight is 349 g/mol. The molecule has 5 nitrogen and oxygen atoms in total. The van der Waals surface area contributed by atoms with Crippen molar-refractivity contribution in [2.75, 3.05) is 13.1 Å². The summed E-state index contributed by atoms with van der Waals surface area (Å²) in [5, 5.41) is 0. The largest absolute Gasteiger partial charge is 0.460 e. The topological polar surface area (TPSA) is 55.8 Å². The summed E-state index contributed by atoms with van der Waals surface area (Å²) in [5.41, 5.74) is 0.394. The monoisotopic (exact) mass is 349 g/mol. The molecule has 0 heterocycles. The molecule has 0 unspecified atom stereocenters. The summed E-state index contributed by atoms with van der Waals surface area (Å²) in [6.45, 7) is 12.2. The normalized spacial score (nSPS) is 13.0. The molecule has 1 atom stereocenters. The van der Waals surface area contributed by atoms with E-state index in [1.165, 1.54) is 0 Å². The zero-order valence-corrected chi connectivity index (χ0v) is 16.2. The molecule has 0 bridgehead atoms. The van der Waals surface area contributed by atoms with Crippen molar-refractivity contribution < 1.29 is 19.1 Å². The summed E-state index contributed by atoms with van der Waals surface area (Å²) < 4.78 is 10.9. The lowest BCUT2D eigenvalue weighted by Crippen LogP contribution is -2.48. The van der Waals surface area contributed by atoms with Crippen molar-refractivity contribution in [3.05, 3.63) is 35.9 Å². The van der Waals surface area contributed by atoms with E-state index in [1.54, 1.807) is 0 Å². The van der Waals surface area contributed by atoms with E-state index < -0.39 is 11.6 Å². The number of esters is 2. The van der Waals surface area contributed by atoms with Crippen LogP contribution in [0, 0.1) is 5.92 Å². The van der Waals surface area contributed by atoms with Crippen LogP contribution in [-0.4, -0.2) is 41.6 Å². The van der Waals surface area contributed by atoms with Crippen LogP contribution in [0.1, 0.15) is 47.1 Å². The summed E-state index contributed by atoms with van der Waals surface area (Å²) in [6, 6.07) is 9.07. The van der Waals surface area contributed by atoms with Crippen molar-refractivity contribution in [3.8, 4) is 0 Å². The molecule has 0 aliphatic carbocycles. The first-order valence-electron chi connectivity index (χ1n) is 8.80. The predicted molar refractivity (Wildman–Crippen MR) is 98.0 cm³/mol. The van der Waals surface area contributed by atoms with Gasteiger partial charge in [-0.05, 0) is 38.8 Å². The highest BCUT2D eigenvalue weighted by Crippen LogP contribution is 2.15. The fraction of sp³-hybridized carbons (Fsp3) is 0.600. The Kier molecular flexibility index (Phi) is 8.10. The Bertz CT molecular complexity index is 549. The van der Waals surface area contributed by atoms with E-state index in [2.05, 4.69) is 0 Å². The third-order valence-electron chi connectivity index (χ3n) is 3.65. The third kappa shape index (κ3) is 7.69. The van der Waals surface area contributed by atoms with Crippen LogP contribution >= 0.6 is 0 Å². The van der Waals surface area contributed by atoms with Gasteiger partial charge in [0.25, 0.3) is 0 Å². The Balaban J connectivity index is 2.74. The van der Waals surface area contributed by atoms with Crippen LogP contribution in [0.3, 0.4) is 0 Å². The smallest absolute Gasteiger partial charge is 0.323 e. The maximum atomic E-state index is 12.6. The van der Waals surface area contributed by atoms with E-state index in [-0.39, 0.29) is 31.0 Å². The highest BCUT2D eigenvalue weighted by molar-refractivity contribution is 5.78. The Morgan fingerprint density at radius 1 is 1.12 bits per heavy atom. The first kappa shape index (κ1) is 21.2. The van der Waals surface area contributed by atoms with Crippen LogP contribution in [0.5, 0.6) is 0 Å². The van der Waals surface area contributed by atoms with Gasteiger partial charge in [-0.3, -0.25) is 14.5 Å². The molecule has 5 heteroatoms. The molecule has 140 valence electrons. The molecule has 0 saturated heterocycles. The van der Waals surface area contributed by atoms with E-state index in [0.717, 1.165) is 5.56 Å². The Labute approximate surface area is 151 Å². The van der Waals surface area contributed by atoms with Gasteiger partial charge in [0.05, 0.1) is 6.54 Å². The standard InChI is InChI=1S/C20H31NO4/c1-7-21(13-17(22)25-20(4,5)6)18(15(2)3)19(23)24-14-16-11-9-8-10-12-16/h8-12,15,18H,7,13-14H2,1-6H3/t18-/m0/s1. The average Bonchev–Trinajstić information content (AvgIpc) is 2.51. The van der Waals surface area contributed by atoms with Crippen LogP contribution < -0.4 is 0 Å². The van der Waals surface area contributed by atoms with Crippen LogP contribution in [0.25, 0.3) is 0 Å². The number of hydrogen-bond donors (Lipinski definition) is 0. The molecule has 0 fully saturated rings. The summed E-state index contributed by atoms with van der Waals surface area (Å²) in [5.74, 6) is -0.634. The fourth-order valence-corrected chi connectivity index (χ4v) is 2.60. The molecule has 0 amide bonds. The van der Waals surface area contributed by atoms with E-state index in [1.807, 2.05) is 76.8 Å². The first-order chi connectivity index (χ1) is 11.6. The van der Waals surface area contributed by atoms with Gasteiger partial charge in [0, 0.05) is 0 Å². The summed E-state index contributed by atoms with van der Waals surface area (Å²) in [7, 11) is 0. The second-order valence-electron chi connectivity index (χ2n) is 7.43. The molecule has 0 N–H and O–H groups in total. The van der Waals surface area contributed by atoms with Crippen molar-refractivity contribution in [3.63, 3.8) is 0 Å². The molecule has 1 aromatic carbocycles. The summed E-state index contributed by atoms with van der Waals surface area (Å²) >= 11 is 0. The van der Waals surface area contributed by atoms with Gasteiger partial charge in [-0.15, -0.1) is 0 Å². The number of rotatable bonds is 8. The Hall–Kier alpha value is -1.88. The van der Waals surface area contributed by atoms with Crippen LogP contribution in [0.4, 0.5) is 0 Å². The molecule has 0 aliphatic heterocycles. The van der Waals surface area contributed by atoms with Crippen LogP contribution in [0.15, 0.2) is 30.3 Å². The Morgan fingerprint density at radius 3 is 2.20 bits per heavy atom. The van der Waals surface area contributed by atoms with Gasteiger partial charge in [0.2, 0.25) is 0 Å². The molecule has 0 saturated carbocycles. The van der Waals surface area contributed by atoms with Crippen molar-refractivity contribution >= 4 is 11.9 Å². The van der Waals surface area contributed by atoms with Crippen LogP contribution in [-0.2, 0) is 25.7 Å². The zero-order chi connectivity index (χ0) is 19.0. The highest BCUT2D eigenvalue weighted by Gasteiger charge is 2.32. The number of carbonyl (C=O) groups excluding carboxylic acids is 2.